The first-order chi connectivity index (χ1) is 10.3. The molecule has 1 aromatic rings. The molecular weight excluding hydrogens is 266 g/mol. The molecule has 0 saturated heterocycles. The van der Waals surface area contributed by atoms with Gasteiger partial charge in [0.05, 0.1) is 11.4 Å². The summed E-state index contributed by atoms with van der Waals surface area (Å²) in [5, 5.41) is 15.5. The Morgan fingerprint density at radius 2 is 2.14 bits per heavy atom. The lowest BCUT2D eigenvalue weighted by atomic mass is 9.86. The third-order valence-electron chi connectivity index (χ3n) is 4.55. The third kappa shape index (κ3) is 3.35. The normalized spacial score (nSPS) is 24.8. The maximum atomic E-state index is 12.3. The Hall–Kier alpha value is -1.62. The second-order valence-corrected chi connectivity index (χ2v) is 6.09. The number of nitrogens with one attached hydrogen (secondary N) is 2. The fourth-order valence-corrected chi connectivity index (χ4v) is 3.21. The van der Waals surface area contributed by atoms with Crippen molar-refractivity contribution in [3.05, 3.63) is 23.5 Å². The van der Waals surface area contributed by atoms with Crippen LogP contribution in [0.2, 0.25) is 0 Å². The van der Waals surface area contributed by atoms with Crippen LogP contribution < -0.4 is 10.6 Å². The molecule has 0 spiro atoms. The highest BCUT2D eigenvalue weighted by Gasteiger charge is 2.23. The van der Waals surface area contributed by atoms with E-state index in [1.807, 2.05) is 6.07 Å². The van der Waals surface area contributed by atoms with E-state index in [0.29, 0.717) is 11.6 Å². The number of aryl methyl sites for hydroxylation is 1. The van der Waals surface area contributed by atoms with E-state index in [-0.39, 0.29) is 18.6 Å². The molecule has 5 heteroatoms. The molecular formula is C16H23N3O2. The summed E-state index contributed by atoms with van der Waals surface area (Å²) >= 11 is 0. The molecule has 1 aromatic heterocycles. The lowest BCUT2D eigenvalue weighted by Gasteiger charge is -2.28. The zero-order valence-electron chi connectivity index (χ0n) is 12.3. The van der Waals surface area contributed by atoms with Crippen LogP contribution >= 0.6 is 0 Å². The number of hydrogen-bond acceptors (Lipinski definition) is 4. The summed E-state index contributed by atoms with van der Waals surface area (Å²) in [6.07, 6.45) is 5.88. The predicted octanol–water partition coefficient (Wildman–Crippen LogP) is 1.72. The number of rotatable bonds is 3. The standard InChI is InChI=1S/C16H23N3O2/c20-10-11-3-5-12(6-4-11)18-16(21)15-8-7-13-14(19-15)2-1-9-17-13/h7-8,11-12,17,20H,1-6,9-10H2,(H,18,21). The SMILES string of the molecule is O=C(NC1CCC(CO)CC1)c1ccc2c(n1)CCCN2. The molecule has 0 atom stereocenters. The summed E-state index contributed by atoms with van der Waals surface area (Å²) in [6, 6.07) is 3.97. The predicted molar refractivity (Wildman–Crippen MR) is 81.3 cm³/mol. The average Bonchev–Trinajstić information content (AvgIpc) is 2.55. The smallest absolute Gasteiger partial charge is 0.270 e. The molecule has 2 aliphatic rings. The maximum absolute atomic E-state index is 12.3. The van der Waals surface area contributed by atoms with E-state index in [0.717, 1.165) is 56.5 Å². The Kier molecular flexibility index (Phi) is 4.39. The molecule has 3 N–H and O–H groups in total. The minimum atomic E-state index is -0.0733. The van der Waals surface area contributed by atoms with Gasteiger partial charge >= 0.3 is 0 Å². The monoisotopic (exact) mass is 289 g/mol. The molecule has 3 rings (SSSR count). The van der Waals surface area contributed by atoms with E-state index in [4.69, 9.17) is 5.11 Å². The molecule has 1 aliphatic heterocycles. The molecule has 0 bridgehead atoms. The number of carbonyl (C=O) groups excluding carboxylic acids is 1. The van der Waals surface area contributed by atoms with E-state index >= 15 is 0 Å². The summed E-state index contributed by atoms with van der Waals surface area (Å²) in [6.45, 7) is 1.24. The lowest BCUT2D eigenvalue weighted by Crippen LogP contribution is -2.38. The van der Waals surface area contributed by atoms with E-state index in [1.54, 1.807) is 6.07 Å². The van der Waals surface area contributed by atoms with Crippen molar-refractivity contribution in [2.24, 2.45) is 5.92 Å². The number of aliphatic hydroxyl groups is 1. The largest absolute Gasteiger partial charge is 0.396 e. The summed E-state index contributed by atoms with van der Waals surface area (Å²) in [5.41, 5.74) is 2.57. The van der Waals surface area contributed by atoms with Crippen molar-refractivity contribution in [2.75, 3.05) is 18.5 Å². The van der Waals surface area contributed by atoms with Gasteiger partial charge in [0.15, 0.2) is 0 Å². The van der Waals surface area contributed by atoms with Crippen molar-refractivity contribution in [1.29, 1.82) is 0 Å². The van der Waals surface area contributed by atoms with Crippen molar-refractivity contribution in [2.45, 2.75) is 44.6 Å². The number of nitrogens with zero attached hydrogens (tertiary/aromatic N) is 1. The Labute approximate surface area is 125 Å². The van der Waals surface area contributed by atoms with Crippen LogP contribution in [0.25, 0.3) is 0 Å². The highest BCUT2D eigenvalue weighted by atomic mass is 16.3. The Morgan fingerprint density at radius 1 is 1.33 bits per heavy atom. The summed E-state index contributed by atoms with van der Waals surface area (Å²) in [7, 11) is 0. The molecule has 0 unspecified atom stereocenters. The molecule has 2 heterocycles. The molecule has 1 amide bonds. The third-order valence-corrected chi connectivity index (χ3v) is 4.55. The van der Waals surface area contributed by atoms with Crippen LogP contribution in [0, 0.1) is 5.92 Å². The van der Waals surface area contributed by atoms with Gasteiger partial charge in [0.25, 0.3) is 5.91 Å². The average molecular weight is 289 g/mol. The number of hydrogen-bond donors (Lipinski definition) is 3. The summed E-state index contributed by atoms with van der Waals surface area (Å²) < 4.78 is 0. The quantitative estimate of drug-likeness (QED) is 0.792. The zero-order chi connectivity index (χ0) is 14.7. The van der Waals surface area contributed by atoms with Gasteiger partial charge in [-0.2, -0.15) is 0 Å². The number of anilines is 1. The van der Waals surface area contributed by atoms with Crippen LogP contribution in [-0.2, 0) is 6.42 Å². The van der Waals surface area contributed by atoms with Crippen LogP contribution in [0.15, 0.2) is 12.1 Å². The first-order valence-corrected chi connectivity index (χ1v) is 7.92. The van der Waals surface area contributed by atoms with Crippen molar-refractivity contribution in [3.63, 3.8) is 0 Å². The highest BCUT2D eigenvalue weighted by Crippen LogP contribution is 2.24. The van der Waals surface area contributed by atoms with E-state index in [1.165, 1.54) is 0 Å². The lowest BCUT2D eigenvalue weighted by molar-refractivity contribution is 0.0908. The van der Waals surface area contributed by atoms with Gasteiger partial charge in [0, 0.05) is 19.2 Å². The van der Waals surface area contributed by atoms with Gasteiger partial charge in [-0.1, -0.05) is 0 Å². The minimum Gasteiger partial charge on any atom is -0.396 e. The Morgan fingerprint density at radius 3 is 2.90 bits per heavy atom. The van der Waals surface area contributed by atoms with Gasteiger partial charge in [0.1, 0.15) is 5.69 Å². The molecule has 1 fully saturated rings. The summed E-state index contributed by atoms with van der Waals surface area (Å²) in [5.74, 6) is 0.335. The summed E-state index contributed by atoms with van der Waals surface area (Å²) in [4.78, 5) is 16.8. The fourth-order valence-electron chi connectivity index (χ4n) is 3.21. The number of fused-ring (bicyclic) bond motifs is 1. The van der Waals surface area contributed by atoms with Crippen molar-refractivity contribution in [3.8, 4) is 0 Å². The van der Waals surface area contributed by atoms with Gasteiger partial charge in [-0.25, -0.2) is 4.98 Å². The topological polar surface area (TPSA) is 74.2 Å². The van der Waals surface area contributed by atoms with Gasteiger partial charge in [-0.15, -0.1) is 0 Å². The number of aliphatic hydroxyl groups excluding tert-OH is 1. The van der Waals surface area contributed by atoms with Crippen LogP contribution in [-0.4, -0.2) is 35.2 Å². The highest BCUT2D eigenvalue weighted by molar-refractivity contribution is 5.92. The number of pyridine rings is 1. The van der Waals surface area contributed by atoms with E-state index < -0.39 is 0 Å². The number of carbonyl (C=O) groups is 1. The van der Waals surface area contributed by atoms with Crippen molar-refractivity contribution < 1.29 is 9.90 Å². The first-order valence-electron chi connectivity index (χ1n) is 7.92. The van der Waals surface area contributed by atoms with Gasteiger partial charge in [-0.3, -0.25) is 4.79 Å². The second kappa shape index (κ2) is 6.43. The number of amides is 1. The van der Waals surface area contributed by atoms with Crippen LogP contribution in [0.4, 0.5) is 5.69 Å². The van der Waals surface area contributed by atoms with Crippen LogP contribution in [0.3, 0.4) is 0 Å². The Bertz CT molecular complexity index is 510. The van der Waals surface area contributed by atoms with E-state index in [9.17, 15) is 4.79 Å². The minimum absolute atomic E-state index is 0.0733. The second-order valence-electron chi connectivity index (χ2n) is 6.09. The number of aromatic nitrogens is 1. The molecule has 114 valence electrons. The van der Waals surface area contributed by atoms with Crippen molar-refractivity contribution >= 4 is 11.6 Å². The van der Waals surface area contributed by atoms with Crippen molar-refractivity contribution in [1.82, 2.24) is 10.3 Å². The molecule has 0 radical (unpaired) electrons. The van der Waals surface area contributed by atoms with Crippen LogP contribution in [0.5, 0.6) is 0 Å². The fraction of sp³-hybridized carbons (Fsp3) is 0.625. The molecule has 5 nitrogen and oxygen atoms in total. The molecule has 1 aliphatic carbocycles. The maximum Gasteiger partial charge on any atom is 0.270 e. The zero-order valence-corrected chi connectivity index (χ0v) is 12.3. The van der Waals surface area contributed by atoms with Crippen LogP contribution in [0.1, 0.15) is 48.3 Å². The van der Waals surface area contributed by atoms with E-state index in [2.05, 4.69) is 15.6 Å². The molecule has 0 aromatic carbocycles. The molecule has 1 saturated carbocycles. The Balaban J connectivity index is 1.60. The first kappa shape index (κ1) is 14.3. The van der Waals surface area contributed by atoms with Gasteiger partial charge < -0.3 is 15.7 Å². The molecule has 21 heavy (non-hydrogen) atoms. The van der Waals surface area contributed by atoms with Gasteiger partial charge in [0.2, 0.25) is 0 Å². The van der Waals surface area contributed by atoms with Gasteiger partial charge in [-0.05, 0) is 56.6 Å².